The van der Waals surface area contributed by atoms with Crippen LogP contribution < -0.4 is 11.1 Å². The van der Waals surface area contributed by atoms with Crippen LogP contribution in [0.25, 0.3) is 0 Å². The fourth-order valence-electron chi connectivity index (χ4n) is 1.63. The maximum Gasteiger partial charge on any atom is 0.225 e. The van der Waals surface area contributed by atoms with Crippen LogP contribution >= 0.6 is 0 Å². The van der Waals surface area contributed by atoms with Crippen molar-refractivity contribution in [2.45, 2.75) is 32.7 Å². The lowest BCUT2D eigenvalue weighted by molar-refractivity contribution is -0.122. The van der Waals surface area contributed by atoms with E-state index in [-0.39, 0.29) is 24.0 Å². The minimum atomic E-state index is -0.415. The molecule has 0 bridgehead atoms. The highest BCUT2D eigenvalue weighted by molar-refractivity contribution is 5.80. The van der Waals surface area contributed by atoms with Gasteiger partial charge in [-0.05, 0) is 18.9 Å². The number of nitrogens with two attached hydrogens (primary N) is 1. The van der Waals surface area contributed by atoms with Crippen molar-refractivity contribution in [1.29, 1.82) is 0 Å². The Kier molecular flexibility index (Phi) is 4.73. The van der Waals surface area contributed by atoms with E-state index < -0.39 is 5.54 Å². The second-order valence-corrected chi connectivity index (χ2v) is 5.13. The van der Waals surface area contributed by atoms with Crippen molar-refractivity contribution in [3.8, 4) is 5.75 Å². The summed E-state index contributed by atoms with van der Waals surface area (Å²) < 4.78 is 0. The highest BCUT2D eigenvalue weighted by Gasteiger charge is 2.28. The van der Waals surface area contributed by atoms with Gasteiger partial charge in [0.25, 0.3) is 0 Å². The average Bonchev–Trinajstić information content (AvgIpc) is 2.31. The summed E-state index contributed by atoms with van der Waals surface area (Å²) in [5.41, 5.74) is 5.92. The zero-order valence-electron chi connectivity index (χ0n) is 11.2. The molecule has 0 aliphatic carbocycles. The summed E-state index contributed by atoms with van der Waals surface area (Å²) in [7, 11) is 0. The van der Waals surface area contributed by atoms with E-state index in [0.29, 0.717) is 12.1 Å². The fourth-order valence-corrected chi connectivity index (χ4v) is 1.63. The molecule has 1 atom stereocenters. The molecule has 4 N–H and O–H groups in total. The number of amides is 1. The Morgan fingerprint density at radius 3 is 2.56 bits per heavy atom. The molecule has 0 aromatic heterocycles. The Labute approximate surface area is 108 Å². The molecule has 0 saturated carbocycles. The molecule has 0 fully saturated rings. The lowest BCUT2D eigenvalue weighted by Gasteiger charge is -2.33. The average molecular weight is 250 g/mol. The monoisotopic (exact) mass is 250 g/mol. The van der Waals surface area contributed by atoms with Crippen molar-refractivity contribution in [2.24, 2.45) is 11.7 Å². The molecule has 1 aromatic carbocycles. The molecule has 18 heavy (non-hydrogen) atoms. The van der Waals surface area contributed by atoms with Gasteiger partial charge in [0, 0.05) is 12.1 Å². The number of benzene rings is 1. The topological polar surface area (TPSA) is 75.3 Å². The van der Waals surface area contributed by atoms with Gasteiger partial charge < -0.3 is 16.2 Å². The van der Waals surface area contributed by atoms with Crippen molar-refractivity contribution < 1.29 is 9.90 Å². The summed E-state index contributed by atoms with van der Waals surface area (Å²) in [4.78, 5) is 12.0. The summed E-state index contributed by atoms with van der Waals surface area (Å²) in [5, 5.41) is 12.6. The van der Waals surface area contributed by atoms with Crippen molar-refractivity contribution in [1.82, 2.24) is 5.32 Å². The number of carbonyl (C=O) groups is 1. The Morgan fingerprint density at radius 2 is 2.06 bits per heavy atom. The van der Waals surface area contributed by atoms with Crippen molar-refractivity contribution in [3.05, 3.63) is 29.8 Å². The molecule has 0 radical (unpaired) electrons. The van der Waals surface area contributed by atoms with Crippen LogP contribution in [0.4, 0.5) is 0 Å². The van der Waals surface area contributed by atoms with Gasteiger partial charge >= 0.3 is 0 Å². The SMILES string of the molecule is CC(C)C(C)(CN)NC(=O)Cc1ccccc1O. The highest BCUT2D eigenvalue weighted by atomic mass is 16.3. The lowest BCUT2D eigenvalue weighted by atomic mass is 9.88. The molecule has 1 aromatic rings. The zero-order valence-corrected chi connectivity index (χ0v) is 11.2. The number of phenols is 1. The van der Waals surface area contributed by atoms with Gasteiger partial charge in [-0.1, -0.05) is 32.0 Å². The number of carbonyl (C=O) groups excluding carboxylic acids is 1. The first-order chi connectivity index (χ1) is 8.39. The van der Waals surface area contributed by atoms with Crippen LogP contribution in [-0.4, -0.2) is 23.1 Å². The lowest BCUT2D eigenvalue weighted by Crippen LogP contribution is -2.55. The standard InChI is InChI=1S/C14H22N2O2/c1-10(2)14(3,9-15)16-13(18)8-11-6-4-5-7-12(11)17/h4-7,10,17H,8-9,15H2,1-3H3,(H,16,18). The summed E-state index contributed by atoms with van der Waals surface area (Å²) in [6.07, 6.45) is 0.162. The number of hydrogen-bond donors (Lipinski definition) is 3. The first-order valence-electron chi connectivity index (χ1n) is 6.17. The van der Waals surface area contributed by atoms with E-state index in [1.807, 2.05) is 20.8 Å². The zero-order chi connectivity index (χ0) is 13.8. The van der Waals surface area contributed by atoms with E-state index in [1.165, 1.54) is 0 Å². The molecule has 0 spiro atoms. The molecule has 100 valence electrons. The molecule has 4 heteroatoms. The van der Waals surface area contributed by atoms with Crippen LogP contribution in [0.2, 0.25) is 0 Å². The third-order valence-electron chi connectivity index (χ3n) is 3.47. The maximum absolute atomic E-state index is 12.0. The van der Waals surface area contributed by atoms with Gasteiger partial charge in [0.2, 0.25) is 5.91 Å². The minimum Gasteiger partial charge on any atom is -0.508 e. The summed E-state index contributed by atoms with van der Waals surface area (Å²) in [6.45, 7) is 6.36. The van der Waals surface area contributed by atoms with E-state index >= 15 is 0 Å². The van der Waals surface area contributed by atoms with Crippen LogP contribution in [0, 0.1) is 5.92 Å². The molecule has 1 rings (SSSR count). The molecular weight excluding hydrogens is 228 g/mol. The molecule has 0 saturated heterocycles. The van der Waals surface area contributed by atoms with Gasteiger partial charge in [0.1, 0.15) is 5.75 Å². The summed E-state index contributed by atoms with van der Waals surface area (Å²) in [6, 6.07) is 6.85. The predicted octanol–water partition coefficient (Wildman–Crippen LogP) is 1.42. The fraction of sp³-hybridized carbons (Fsp3) is 0.500. The third kappa shape index (κ3) is 3.47. The maximum atomic E-state index is 12.0. The van der Waals surface area contributed by atoms with Crippen LogP contribution in [0.3, 0.4) is 0 Å². The minimum absolute atomic E-state index is 0.127. The van der Waals surface area contributed by atoms with E-state index in [0.717, 1.165) is 0 Å². The van der Waals surface area contributed by atoms with E-state index in [2.05, 4.69) is 5.32 Å². The van der Waals surface area contributed by atoms with Gasteiger partial charge in [0.05, 0.1) is 12.0 Å². The summed E-state index contributed by atoms with van der Waals surface area (Å²) in [5.74, 6) is 0.264. The van der Waals surface area contributed by atoms with E-state index in [9.17, 15) is 9.90 Å². The van der Waals surface area contributed by atoms with Gasteiger partial charge in [-0.3, -0.25) is 4.79 Å². The number of aromatic hydroxyl groups is 1. The predicted molar refractivity (Wildman–Crippen MR) is 72.3 cm³/mol. The van der Waals surface area contributed by atoms with Crippen LogP contribution in [0.5, 0.6) is 5.75 Å². The molecular formula is C14H22N2O2. The van der Waals surface area contributed by atoms with Crippen molar-refractivity contribution in [2.75, 3.05) is 6.54 Å². The van der Waals surface area contributed by atoms with Crippen molar-refractivity contribution >= 4 is 5.91 Å². The Morgan fingerprint density at radius 1 is 1.44 bits per heavy atom. The Hall–Kier alpha value is -1.55. The number of nitrogens with one attached hydrogen (secondary N) is 1. The molecule has 1 unspecified atom stereocenters. The molecule has 4 nitrogen and oxygen atoms in total. The molecule has 1 amide bonds. The highest BCUT2D eigenvalue weighted by Crippen LogP contribution is 2.18. The Bertz CT molecular complexity index is 418. The normalized spacial score (nSPS) is 14.3. The number of phenolic OH excluding ortho intramolecular Hbond substituents is 1. The number of rotatable bonds is 5. The smallest absolute Gasteiger partial charge is 0.225 e. The largest absolute Gasteiger partial charge is 0.508 e. The van der Waals surface area contributed by atoms with Gasteiger partial charge in [-0.15, -0.1) is 0 Å². The van der Waals surface area contributed by atoms with E-state index in [4.69, 9.17) is 5.73 Å². The van der Waals surface area contributed by atoms with Crippen LogP contribution in [0.15, 0.2) is 24.3 Å². The van der Waals surface area contributed by atoms with E-state index in [1.54, 1.807) is 24.3 Å². The quantitative estimate of drug-likeness (QED) is 0.740. The first-order valence-corrected chi connectivity index (χ1v) is 6.17. The second-order valence-electron chi connectivity index (χ2n) is 5.13. The molecule has 0 aliphatic heterocycles. The third-order valence-corrected chi connectivity index (χ3v) is 3.47. The van der Waals surface area contributed by atoms with Crippen LogP contribution in [-0.2, 0) is 11.2 Å². The van der Waals surface area contributed by atoms with Crippen molar-refractivity contribution in [3.63, 3.8) is 0 Å². The molecule has 0 aliphatic rings. The second kappa shape index (κ2) is 5.87. The summed E-state index contributed by atoms with van der Waals surface area (Å²) >= 11 is 0. The molecule has 0 heterocycles. The first kappa shape index (κ1) is 14.5. The van der Waals surface area contributed by atoms with Gasteiger partial charge in [-0.2, -0.15) is 0 Å². The van der Waals surface area contributed by atoms with Crippen LogP contribution in [0.1, 0.15) is 26.3 Å². The number of hydrogen-bond acceptors (Lipinski definition) is 3. The van der Waals surface area contributed by atoms with Gasteiger partial charge in [0.15, 0.2) is 0 Å². The Balaban J connectivity index is 2.70. The number of para-hydroxylation sites is 1. The van der Waals surface area contributed by atoms with Gasteiger partial charge in [-0.25, -0.2) is 0 Å².